The van der Waals surface area contributed by atoms with Crippen LogP contribution in [0, 0.1) is 11.8 Å². The maximum Gasteiger partial charge on any atom is 0.307 e. The molecule has 0 aliphatic heterocycles. The van der Waals surface area contributed by atoms with E-state index in [0.29, 0.717) is 5.92 Å². The minimum absolute atomic E-state index is 0.0461. The van der Waals surface area contributed by atoms with E-state index in [-0.39, 0.29) is 30.3 Å². The standard InChI is InChI=1S/C13H17NO3S/c1-8-6-9(8)13(16)14-10(7-12(15)17-2)11-4-3-5-18-11/h3-5,8-10H,6-7H2,1-2H3,(H,14,16)/t8-,9-,10-/m0/s1. The number of ether oxygens (including phenoxy) is 1. The number of hydrogen-bond donors (Lipinski definition) is 1. The monoisotopic (exact) mass is 267 g/mol. The van der Waals surface area contributed by atoms with Crippen LogP contribution in [0.25, 0.3) is 0 Å². The van der Waals surface area contributed by atoms with Crippen LogP contribution in [0.3, 0.4) is 0 Å². The van der Waals surface area contributed by atoms with E-state index in [9.17, 15) is 9.59 Å². The van der Waals surface area contributed by atoms with Gasteiger partial charge in [-0.25, -0.2) is 0 Å². The van der Waals surface area contributed by atoms with Crippen LogP contribution in [0.1, 0.15) is 30.7 Å². The quantitative estimate of drug-likeness (QED) is 0.831. The van der Waals surface area contributed by atoms with Crippen LogP contribution in [0.15, 0.2) is 17.5 Å². The third kappa shape index (κ3) is 3.10. The van der Waals surface area contributed by atoms with Crippen LogP contribution in [0.4, 0.5) is 0 Å². The zero-order valence-electron chi connectivity index (χ0n) is 10.5. The molecule has 1 aliphatic rings. The van der Waals surface area contributed by atoms with Crippen LogP contribution in [0.2, 0.25) is 0 Å². The number of esters is 1. The van der Waals surface area contributed by atoms with E-state index in [4.69, 9.17) is 0 Å². The Balaban J connectivity index is 2.00. The molecule has 1 amide bonds. The Morgan fingerprint density at radius 3 is 2.83 bits per heavy atom. The summed E-state index contributed by atoms with van der Waals surface area (Å²) in [5, 5.41) is 4.88. The molecule has 0 aromatic carbocycles. The molecule has 1 heterocycles. The number of amides is 1. The number of carbonyl (C=O) groups is 2. The summed E-state index contributed by atoms with van der Waals surface area (Å²) in [6.07, 6.45) is 1.13. The van der Waals surface area contributed by atoms with Crippen molar-refractivity contribution < 1.29 is 14.3 Å². The largest absolute Gasteiger partial charge is 0.469 e. The number of carbonyl (C=O) groups excluding carboxylic acids is 2. The molecule has 5 heteroatoms. The smallest absolute Gasteiger partial charge is 0.307 e. The van der Waals surface area contributed by atoms with Crippen LogP contribution in [-0.4, -0.2) is 19.0 Å². The Kier molecular flexibility index (Phi) is 4.01. The van der Waals surface area contributed by atoms with Gasteiger partial charge in [-0.05, 0) is 23.8 Å². The van der Waals surface area contributed by atoms with Gasteiger partial charge in [0.2, 0.25) is 5.91 Å². The highest BCUT2D eigenvalue weighted by Gasteiger charge is 2.40. The van der Waals surface area contributed by atoms with Gasteiger partial charge >= 0.3 is 5.97 Å². The summed E-state index contributed by atoms with van der Waals surface area (Å²) in [6.45, 7) is 2.06. The van der Waals surface area contributed by atoms with E-state index in [1.807, 2.05) is 17.5 Å². The minimum atomic E-state index is -0.308. The molecule has 2 rings (SSSR count). The van der Waals surface area contributed by atoms with Crippen molar-refractivity contribution in [2.45, 2.75) is 25.8 Å². The van der Waals surface area contributed by atoms with E-state index in [2.05, 4.69) is 17.0 Å². The first-order chi connectivity index (χ1) is 8.61. The van der Waals surface area contributed by atoms with Crippen molar-refractivity contribution in [2.24, 2.45) is 11.8 Å². The number of thiophene rings is 1. The lowest BCUT2D eigenvalue weighted by molar-refractivity contribution is -0.141. The summed E-state index contributed by atoms with van der Waals surface area (Å²) in [6, 6.07) is 3.57. The molecule has 3 atom stereocenters. The summed E-state index contributed by atoms with van der Waals surface area (Å²) in [5.74, 6) is 0.319. The average molecular weight is 267 g/mol. The molecule has 4 nitrogen and oxygen atoms in total. The Bertz CT molecular complexity index is 429. The average Bonchev–Trinajstić information content (AvgIpc) is 2.87. The highest BCUT2D eigenvalue weighted by atomic mass is 32.1. The highest BCUT2D eigenvalue weighted by Crippen LogP contribution is 2.38. The van der Waals surface area contributed by atoms with Crippen LogP contribution >= 0.6 is 11.3 Å². The predicted molar refractivity (Wildman–Crippen MR) is 69.1 cm³/mol. The summed E-state index contributed by atoms with van der Waals surface area (Å²) in [4.78, 5) is 24.3. The van der Waals surface area contributed by atoms with E-state index in [1.165, 1.54) is 18.4 Å². The summed E-state index contributed by atoms with van der Waals surface area (Å²) in [7, 11) is 1.36. The lowest BCUT2D eigenvalue weighted by Gasteiger charge is -2.16. The van der Waals surface area contributed by atoms with Gasteiger partial charge in [-0.1, -0.05) is 13.0 Å². The van der Waals surface area contributed by atoms with E-state index < -0.39 is 0 Å². The lowest BCUT2D eigenvalue weighted by atomic mass is 10.1. The Morgan fingerprint density at radius 1 is 1.61 bits per heavy atom. The summed E-state index contributed by atoms with van der Waals surface area (Å²) in [5.41, 5.74) is 0. The number of rotatable bonds is 5. The maximum absolute atomic E-state index is 11.9. The summed E-state index contributed by atoms with van der Waals surface area (Å²) >= 11 is 1.54. The molecule has 1 N–H and O–H groups in total. The van der Waals surface area contributed by atoms with Gasteiger partial charge in [-0.3, -0.25) is 9.59 Å². The van der Waals surface area contributed by atoms with Gasteiger partial charge in [0, 0.05) is 10.8 Å². The van der Waals surface area contributed by atoms with Crippen LogP contribution < -0.4 is 5.32 Å². The van der Waals surface area contributed by atoms with Crippen molar-refractivity contribution >= 4 is 23.2 Å². The number of nitrogens with one attached hydrogen (secondary N) is 1. The van der Waals surface area contributed by atoms with Crippen molar-refractivity contribution in [3.05, 3.63) is 22.4 Å². The normalized spacial score (nSPS) is 23.2. The first-order valence-electron chi connectivity index (χ1n) is 6.02. The fraction of sp³-hybridized carbons (Fsp3) is 0.538. The highest BCUT2D eigenvalue weighted by molar-refractivity contribution is 7.10. The molecule has 1 aromatic rings. The van der Waals surface area contributed by atoms with Crippen LogP contribution in [0.5, 0.6) is 0 Å². The fourth-order valence-electron chi connectivity index (χ4n) is 1.93. The molecule has 0 spiro atoms. The molecule has 0 bridgehead atoms. The Morgan fingerprint density at radius 2 is 2.33 bits per heavy atom. The Hall–Kier alpha value is -1.36. The second kappa shape index (κ2) is 5.52. The molecule has 1 saturated carbocycles. The Labute approximate surface area is 110 Å². The molecule has 0 unspecified atom stereocenters. The molecule has 1 aromatic heterocycles. The third-order valence-corrected chi connectivity index (χ3v) is 4.23. The van der Waals surface area contributed by atoms with Gasteiger partial charge in [0.05, 0.1) is 19.6 Å². The first-order valence-corrected chi connectivity index (χ1v) is 6.90. The van der Waals surface area contributed by atoms with Gasteiger partial charge in [-0.2, -0.15) is 0 Å². The molecule has 98 valence electrons. The first kappa shape index (κ1) is 13.1. The van der Waals surface area contributed by atoms with Gasteiger partial charge in [0.1, 0.15) is 0 Å². The molecule has 1 fully saturated rings. The van der Waals surface area contributed by atoms with Gasteiger partial charge in [-0.15, -0.1) is 11.3 Å². The zero-order chi connectivity index (χ0) is 13.1. The summed E-state index contributed by atoms with van der Waals surface area (Å²) < 4.78 is 4.67. The molecular weight excluding hydrogens is 250 g/mol. The van der Waals surface area contributed by atoms with E-state index in [1.54, 1.807) is 0 Å². The molecular formula is C13H17NO3S. The second-order valence-electron chi connectivity index (χ2n) is 4.68. The maximum atomic E-state index is 11.9. The fourth-order valence-corrected chi connectivity index (χ4v) is 2.71. The van der Waals surface area contributed by atoms with Crippen molar-refractivity contribution in [3.8, 4) is 0 Å². The second-order valence-corrected chi connectivity index (χ2v) is 5.66. The van der Waals surface area contributed by atoms with Gasteiger partial charge < -0.3 is 10.1 Å². The topological polar surface area (TPSA) is 55.4 Å². The molecule has 18 heavy (non-hydrogen) atoms. The van der Waals surface area contributed by atoms with Crippen molar-refractivity contribution in [1.29, 1.82) is 0 Å². The zero-order valence-corrected chi connectivity index (χ0v) is 11.3. The number of hydrogen-bond acceptors (Lipinski definition) is 4. The molecule has 0 saturated heterocycles. The SMILES string of the molecule is COC(=O)C[C@H](NC(=O)[C@H]1C[C@@H]1C)c1cccs1. The van der Waals surface area contributed by atoms with E-state index >= 15 is 0 Å². The third-order valence-electron chi connectivity index (χ3n) is 3.25. The van der Waals surface area contributed by atoms with Crippen molar-refractivity contribution in [3.63, 3.8) is 0 Å². The van der Waals surface area contributed by atoms with Gasteiger partial charge in [0.25, 0.3) is 0 Å². The molecule has 0 radical (unpaired) electrons. The lowest BCUT2D eigenvalue weighted by Crippen LogP contribution is -2.31. The van der Waals surface area contributed by atoms with Crippen molar-refractivity contribution in [2.75, 3.05) is 7.11 Å². The minimum Gasteiger partial charge on any atom is -0.469 e. The van der Waals surface area contributed by atoms with E-state index in [0.717, 1.165) is 11.3 Å². The molecule has 1 aliphatic carbocycles. The van der Waals surface area contributed by atoms with Crippen LogP contribution in [-0.2, 0) is 14.3 Å². The van der Waals surface area contributed by atoms with Gasteiger partial charge in [0.15, 0.2) is 0 Å². The predicted octanol–water partition coefficient (Wildman–Crippen LogP) is 2.12. The number of methoxy groups -OCH3 is 1. The van der Waals surface area contributed by atoms with Crippen molar-refractivity contribution in [1.82, 2.24) is 5.32 Å².